The minimum Gasteiger partial charge on any atom is -0.337 e. The lowest BCUT2D eigenvalue weighted by Gasteiger charge is -2.21. The maximum Gasteiger partial charge on any atom is 0.247 e. The lowest BCUT2D eigenvalue weighted by molar-refractivity contribution is 0.290. The number of nitrogens with zero attached hydrogens (tertiary/aromatic N) is 5. The fourth-order valence-corrected chi connectivity index (χ4v) is 5.29. The van der Waals surface area contributed by atoms with Gasteiger partial charge in [-0.15, -0.1) is 0 Å². The molecule has 0 aliphatic carbocycles. The molecule has 0 amide bonds. The van der Waals surface area contributed by atoms with Crippen LogP contribution in [0.25, 0.3) is 11.4 Å². The second kappa shape index (κ2) is 6.29. The van der Waals surface area contributed by atoms with Gasteiger partial charge in [0.25, 0.3) is 0 Å². The molecule has 4 heterocycles. The van der Waals surface area contributed by atoms with Crippen LogP contribution >= 0.6 is 0 Å². The minimum atomic E-state index is -3.71. The van der Waals surface area contributed by atoms with Crippen LogP contribution in [0.5, 0.6) is 0 Å². The van der Waals surface area contributed by atoms with Gasteiger partial charge in [-0.25, -0.2) is 8.42 Å². The van der Waals surface area contributed by atoms with Gasteiger partial charge in [0.2, 0.25) is 21.7 Å². The summed E-state index contributed by atoms with van der Waals surface area (Å²) in [4.78, 5) is 8.60. The number of hydrogen-bond donors (Lipinski definition) is 1. The van der Waals surface area contributed by atoms with Crippen LogP contribution in [0.3, 0.4) is 0 Å². The van der Waals surface area contributed by atoms with Gasteiger partial charge in [0, 0.05) is 24.5 Å². The predicted molar refractivity (Wildman–Crippen MR) is 91.5 cm³/mol. The number of aromatic nitrogens is 5. The summed E-state index contributed by atoms with van der Waals surface area (Å²) in [5, 5.41) is 10.7. The van der Waals surface area contributed by atoms with Crippen LogP contribution in [0.15, 0.2) is 33.9 Å². The van der Waals surface area contributed by atoms with Gasteiger partial charge in [-0.05, 0) is 38.8 Å². The van der Waals surface area contributed by atoms with Crippen molar-refractivity contribution >= 4 is 10.0 Å². The summed E-state index contributed by atoms with van der Waals surface area (Å²) < 4.78 is 33.2. The molecular weight excluding hydrogens is 356 g/mol. The summed E-state index contributed by atoms with van der Waals surface area (Å²) in [6.45, 7) is 3.78. The van der Waals surface area contributed by atoms with Gasteiger partial charge in [0.05, 0.1) is 11.4 Å². The van der Waals surface area contributed by atoms with Gasteiger partial charge in [-0.1, -0.05) is 5.16 Å². The average Bonchev–Trinajstić information content (AvgIpc) is 3.35. The van der Waals surface area contributed by atoms with E-state index in [1.807, 2.05) is 0 Å². The van der Waals surface area contributed by atoms with E-state index in [-0.39, 0.29) is 4.90 Å². The third-order valence-corrected chi connectivity index (χ3v) is 6.67. The Balaban J connectivity index is 1.69. The van der Waals surface area contributed by atoms with Crippen LogP contribution in [0.1, 0.15) is 36.2 Å². The van der Waals surface area contributed by atoms with Crippen molar-refractivity contribution in [1.82, 2.24) is 29.6 Å². The molecule has 4 rings (SSSR count). The van der Waals surface area contributed by atoms with E-state index < -0.39 is 16.1 Å². The van der Waals surface area contributed by atoms with Crippen LogP contribution in [0.2, 0.25) is 0 Å². The third kappa shape index (κ3) is 2.71. The number of rotatable bonds is 4. The van der Waals surface area contributed by atoms with Crippen LogP contribution in [0, 0.1) is 13.8 Å². The van der Waals surface area contributed by atoms with E-state index in [1.165, 1.54) is 4.31 Å². The van der Waals surface area contributed by atoms with Crippen molar-refractivity contribution in [2.75, 3.05) is 6.54 Å². The molecule has 0 spiro atoms. The number of hydrogen-bond acceptors (Lipinski definition) is 7. The van der Waals surface area contributed by atoms with Crippen LogP contribution in [0.4, 0.5) is 0 Å². The van der Waals surface area contributed by atoms with Gasteiger partial charge in [-0.3, -0.25) is 10.1 Å². The summed E-state index contributed by atoms with van der Waals surface area (Å²) in [7, 11) is -3.71. The largest absolute Gasteiger partial charge is 0.337 e. The standard InChI is InChI=1S/C16H18N6O3S/c1-10-14(11(2)20-19-10)26(23,24)22-9-3-4-13(22)16-18-15(21-25-16)12-5-7-17-8-6-12/h5-8,13H,3-4,9H2,1-2H3,(H,19,20)/t13-/m0/s1. The van der Waals surface area contributed by atoms with Crippen molar-refractivity contribution in [3.8, 4) is 11.4 Å². The van der Waals surface area contributed by atoms with Crippen LogP contribution in [-0.2, 0) is 10.0 Å². The molecule has 0 radical (unpaired) electrons. The first-order valence-electron chi connectivity index (χ1n) is 8.26. The minimum absolute atomic E-state index is 0.221. The molecule has 26 heavy (non-hydrogen) atoms. The normalized spacial score (nSPS) is 18.5. The lowest BCUT2D eigenvalue weighted by Crippen LogP contribution is -2.31. The van der Waals surface area contributed by atoms with Crippen molar-refractivity contribution in [2.45, 2.75) is 37.6 Å². The first-order chi connectivity index (χ1) is 12.5. The van der Waals surface area contributed by atoms with Gasteiger partial charge in [0.15, 0.2) is 0 Å². The Bertz CT molecular complexity index is 1010. The number of pyridine rings is 1. The zero-order valence-corrected chi connectivity index (χ0v) is 15.2. The highest BCUT2D eigenvalue weighted by Gasteiger charge is 2.41. The molecule has 0 aromatic carbocycles. The first kappa shape index (κ1) is 16.9. The SMILES string of the molecule is Cc1n[nH]c(C)c1S(=O)(=O)N1CCC[C@H]1c1nc(-c2ccncc2)no1. The van der Waals surface area contributed by atoms with E-state index in [0.29, 0.717) is 36.1 Å². The van der Waals surface area contributed by atoms with E-state index in [2.05, 4.69) is 25.3 Å². The average molecular weight is 374 g/mol. The number of aromatic amines is 1. The van der Waals surface area contributed by atoms with E-state index in [9.17, 15) is 8.42 Å². The summed E-state index contributed by atoms with van der Waals surface area (Å²) in [6, 6.07) is 3.07. The summed E-state index contributed by atoms with van der Waals surface area (Å²) in [6.07, 6.45) is 4.64. The number of H-pyrrole nitrogens is 1. The molecule has 9 nitrogen and oxygen atoms in total. The smallest absolute Gasteiger partial charge is 0.247 e. The van der Waals surface area contributed by atoms with Crippen molar-refractivity contribution in [1.29, 1.82) is 0 Å². The molecule has 10 heteroatoms. The third-order valence-electron chi connectivity index (χ3n) is 4.50. The lowest BCUT2D eigenvalue weighted by atomic mass is 10.2. The fraction of sp³-hybridized carbons (Fsp3) is 0.375. The second-order valence-electron chi connectivity index (χ2n) is 6.23. The van der Waals surface area contributed by atoms with E-state index in [4.69, 9.17) is 4.52 Å². The van der Waals surface area contributed by atoms with E-state index in [0.717, 1.165) is 12.0 Å². The van der Waals surface area contributed by atoms with Crippen LogP contribution < -0.4 is 0 Å². The van der Waals surface area contributed by atoms with Gasteiger partial charge in [-0.2, -0.15) is 14.4 Å². The molecule has 3 aromatic heterocycles. The Morgan fingerprint density at radius 3 is 2.73 bits per heavy atom. The molecule has 3 aromatic rings. The Morgan fingerprint density at radius 1 is 1.27 bits per heavy atom. The predicted octanol–water partition coefficient (Wildman–Crippen LogP) is 2.00. The summed E-state index contributed by atoms with van der Waals surface area (Å²) in [5.41, 5.74) is 1.75. The topological polar surface area (TPSA) is 118 Å². The molecule has 1 aliphatic heterocycles. The maximum absolute atomic E-state index is 13.2. The molecule has 1 atom stereocenters. The van der Waals surface area contributed by atoms with Crippen molar-refractivity contribution < 1.29 is 12.9 Å². The molecule has 1 aliphatic rings. The molecule has 1 N–H and O–H groups in total. The molecule has 0 unspecified atom stereocenters. The number of aryl methyl sites for hydroxylation is 2. The van der Waals surface area contributed by atoms with Crippen molar-refractivity contribution in [3.05, 3.63) is 41.8 Å². The van der Waals surface area contributed by atoms with Gasteiger partial charge < -0.3 is 4.52 Å². The molecule has 1 saturated heterocycles. The summed E-state index contributed by atoms with van der Waals surface area (Å²) >= 11 is 0. The highest BCUT2D eigenvalue weighted by atomic mass is 32.2. The monoisotopic (exact) mass is 374 g/mol. The Morgan fingerprint density at radius 2 is 2.04 bits per heavy atom. The quantitative estimate of drug-likeness (QED) is 0.742. The molecule has 0 bridgehead atoms. The zero-order valence-electron chi connectivity index (χ0n) is 14.4. The van der Waals surface area contributed by atoms with E-state index in [1.54, 1.807) is 38.4 Å². The Kier molecular flexibility index (Phi) is 4.08. The van der Waals surface area contributed by atoms with Crippen molar-refractivity contribution in [2.24, 2.45) is 0 Å². The molecule has 136 valence electrons. The highest BCUT2D eigenvalue weighted by molar-refractivity contribution is 7.89. The fourth-order valence-electron chi connectivity index (χ4n) is 3.30. The number of sulfonamides is 1. The van der Waals surface area contributed by atoms with Crippen molar-refractivity contribution in [3.63, 3.8) is 0 Å². The number of nitrogens with one attached hydrogen (secondary N) is 1. The zero-order chi connectivity index (χ0) is 18.3. The molecule has 0 saturated carbocycles. The highest BCUT2D eigenvalue weighted by Crippen LogP contribution is 2.37. The first-order valence-corrected chi connectivity index (χ1v) is 9.70. The maximum atomic E-state index is 13.2. The van der Waals surface area contributed by atoms with Crippen LogP contribution in [-0.4, -0.2) is 44.6 Å². The second-order valence-corrected chi connectivity index (χ2v) is 8.06. The molecular formula is C16H18N6O3S. The summed E-state index contributed by atoms with van der Waals surface area (Å²) in [5.74, 6) is 0.721. The van der Waals surface area contributed by atoms with Gasteiger partial charge >= 0.3 is 0 Å². The van der Waals surface area contributed by atoms with Gasteiger partial charge in [0.1, 0.15) is 10.9 Å². The van der Waals surface area contributed by atoms with E-state index >= 15 is 0 Å². The Labute approximate surface area is 150 Å². The molecule has 1 fully saturated rings. The Hall–Kier alpha value is -2.59.